The predicted octanol–water partition coefficient (Wildman–Crippen LogP) is 4.57. The van der Waals surface area contributed by atoms with Gasteiger partial charge in [0.15, 0.2) is 5.13 Å². The first-order chi connectivity index (χ1) is 12.1. The number of hydrogen-bond donors (Lipinski definition) is 1. The molecule has 0 aliphatic heterocycles. The Morgan fingerprint density at radius 1 is 1.08 bits per heavy atom. The quantitative estimate of drug-likeness (QED) is 0.794. The molecule has 2 fully saturated rings. The third-order valence-electron chi connectivity index (χ3n) is 5.12. The van der Waals surface area contributed by atoms with Gasteiger partial charge in [0.2, 0.25) is 5.88 Å². The van der Waals surface area contributed by atoms with Crippen LogP contribution in [0.25, 0.3) is 0 Å². The Balaban J connectivity index is 1.69. The highest BCUT2D eigenvalue weighted by Crippen LogP contribution is 2.31. The summed E-state index contributed by atoms with van der Waals surface area (Å²) in [5, 5.41) is 5.06. The SMILES string of the molecule is CC(=O)Oc1csc(NC(=O)N(C2CCCCC2)C2CCCCC2)n1. The molecule has 138 valence electrons. The Hall–Kier alpha value is -1.63. The molecule has 1 aromatic heterocycles. The molecule has 0 atom stereocenters. The molecule has 0 bridgehead atoms. The molecular formula is C18H27N3O3S. The number of anilines is 1. The van der Waals surface area contributed by atoms with E-state index in [1.54, 1.807) is 5.38 Å². The number of carbonyl (C=O) groups excluding carboxylic acids is 2. The summed E-state index contributed by atoms with van der Waals surface area (Å²) >= 11 is 1.28. The maximum atomic E-state index is 13.0. The van der Waals surface area contributed by atoms with Crippen LogP contribution in [0.5, 0.6) is 5.88 Å². The lowest BCUT2D eigenvalue weighted by molar-refractivity contribution is -0.132. The van der Waals surface area contributed by atoms with Crippen molar-refractivity contribution in [2.24, 2.45) is 0 Å². The lowest BCUT2D eigenvalue weighted by Gasteiger charge is -2.41. The highest BCUT2D eigenvalue weighted by atomic mass is 32.1. The number of esters is 1. The fraction of sp³-hybridized carbons (Fsp3) is 0.722. The summed E-state index contributed by atoms with van der Waals surface area (Å²) in [5.74, 6) is -0.163. The molecule has 0 spiro atoms. The van der Waals surface area contributed by atoms with Gasteiger partial charge < -0.3 is 9.64 Å². The summed E-state index contributed by atoms with van der Waals surface area (Å²) < 4.78 is 4.97. The van der Waals surface area contributed by atoms with Crippen molar-refractivity contribution in [1.82, 2.24) is 9.88 Å². The van der Waals surface area contributed by atoms with Crippen LogP contribution in [0.1, 0.15) is 71.1 Å². The summed E-state index contributed by atoms with van der Waals surface area (Å²) in [6.45, 7) is 1.34. The lowest BCUT2D eigenvalue weighted by atomic mass is 9.89. The molecule has 1 heterocycles. The van der Waals surface area contributed by atoms with Crippen LogP contribution in [-0.4, -0.2) is 34.0 Å². The molecule has 0 saturated heterocycles. The van der Waals surface area contributed by atoms with Gasteiger partial charge in [0.05, 0.1) is 5.38 Å². The Morgan fingerprint density at radius 3 is 2.16 bits per heavy atom. The van der Waals surface area contributed by atoms with Gasteiger partial charge in [0, 0.05) is 19.0 Å². The van der Waals surface area contributed by atoms with E-state index in [0.29, 0.717) is 17.2 Å². The van der Waals surface area contributed by atoms with Crippen LogP contribution in [0.15, 0.2) is 5.38 Å². The Labute approximate surface area is 153 Å². The second-order valence-electron chi connectivity index (χ2n) is 7.01. The maximum absolute atomic E-state index is 13.0. The van der Waals surface area contributed by atoms with E-state index in [4.69, 9.17) is 4.74 Å². The summed E-state index contributed by atoms with van der Waals surface area (Å²) in [7, 11) is 0. The van der Waals surface area contributed by atoms with Crippen LogP contribution >= 0.6 is 11.3 Å². The third-order valence-corrected chi connectivity index (χ3v) is 5.85. The Kier molecular flexibility index (Phi) is 6.29. The second kappa shape index (κ2) is 8.65. The van der Waals surface area contributed by atoms with E-state index in [0.717, 1.165) is 25.7 Å². The third kappa shape index (κ3) is 4.93. The minimum absolute atomic E-state index is 0.0532. The van der Waals surface area contributed by atoms with Crippen LogP contribution in [0.2, 0.25) is 0 Å². The zero-order valence-electron chi connectivity index (χ0n) is 14.8. The molecule has 2 amide bonds. The minimum atomic E-state index is -0.408. The first kappa shape index (κ1) is 18.2. The molecule has 0 radical (unpaired) electrons. The molecule has 0 aromatic carbocycles. The fourth-order valence-electron chi connectivity index (χ4n) is 4.01. The van der Waals surface area contributed by atoms with E-state index in [-0.39, 0.29) is 11.9 Å². The molecule has 3 rings (SSSR count). The highest BCUT2D eigenvalue weighted by molar-refractivity contribution is 7.14. The number of rotatable bonds is 4. The summed E-state index contributed by atoms with van der Waals surface area (Å²) in [5.41, 5.74) is 0. The van der Waals surface area contributed by atoms with Gasteiger partial charge in [-0.1, -0.05) is 38.5 Å². The highest BCUT2D eigenvalue weighted by Gasteiger charge is 2.32. The van der Waals surface area contributed by atoms with Gasteiger partial charge in [-0.2, -0.15) is 4.98 Å². The number of ether oxygens (including phenoxy) is 1. The number of nitrogens with zero attached hydrogens (tertiary/aromatic N) is 2. The molecule has 0 unspecified atom stereocenters. The number of carbonyl (C=O) groups is 2. The zero-order chi connectivity index (χ0) is 17.6. The van der Waals surface area contributed by atoms with E-state index in [1.165, 1.54) is 56.8 Å². The monoisotopic (exact) mass is 365 g/mol. The van der Waals surface area contributed by atoms with Gasteiger partial charge in [0.25, 0.3) is 0 Å². The van der Waals surface area contributed by atoms with Gasteiger partial charge in [-0.15, -0.1) is 11.3 Å². The zero-order valence-corrected chi connectivity index (χ0v) is 15.6. The Morgan fingerprint density at radius 2 is 1.64 bits per heavy atom. The van der Waals surface area contributed by atoms with Crippen LogP contribution in [-0.2, 0) is 4.79 Å². The van der Waals surface area contributed by atoms with Crippen LogP contribution in [0.4, 0.5) is 9.93 Å². The average molecular weight is 365 g/mol. The molecule has 6 nitrogen and oxygen atoms in total. The van der Waals surface area contributed by atoms with E-state index >= 15 is 0 Å². The minimum Gasteiger partial charge on any atom is -0.407 e. The second-order valence-corrected chi connectivity index (χ2v) is 7.86. The van der Waals surface area contributed by atoms with Crippen LogP contribution in [0.3, 0.4) is 0 Å². The number of aromatic nitrogens is 1. The van der Waals surface area contributed by atoms with Crippen molar-refractivity contribution in [3.8, 4) is 5.88 Å². The molecule has 7 heteroatoms. The molecule has 1 aromatic rings. The topological polar surface area (TPSA) is 71.5 Å². The molecule has 2 aliphatic rings. The number of nitrogens with one attached hydrogen (secondary N) is 1. The van der Waals surface area contributed by atoms with Gasteiger partial charge in [-0.25, -0.2) is 4.79 Å². The van der Waals surface area contributed by atoms with E-state index in [2.05, 4.69) is 15.2 Å². The standard InChI is InChI=1S/C18H27N3O3S/c1-13(22)24-16-12-25-17(19-16)20-18(23)21(14-8-4-2-5-9-14)15-10-6-3-7-11-15/h12,14-15H,2-11H2,1H3,(H,19,20,23). The average Bonchev–Trinajstić information content (AvgIpc) is 3.03. The van der Waals surface area contributed by atoms with Gasteiger partial charge >= 0.3 is 12.0 Å². The molecular weight excluding hydrogens is 338 g/mol. The summed E-state index contributed by atoms with van der Waals surface area (Å²) in [6, 6.07) is 0.622. The predicted molar refractivity (Wildman–Crippen MR) is 98.0 cm³/mol. The van der Waals surface area contributed by atoms with Crippen LogP contribution in [0, 0.1) is 0 Å². The Bertz CT molecular complexity index is 574. The first-order valence-corrected chi connectivity index (χ1v) is 10.2. The van der Waals surface area contributed by atoms with Crippen LogP contribution < -0.4 is 10.1 Å². The van der Waals surface area contributed by atoms with Crippen molar-refractivity contribution in [2.45, 2.75) is 83.2 Å². The molecule has 2 saturated carbocycles. The number of amides is 2. The van der Waals surface area contributed by atoms with Crippen molar-refractivity contribution >= 4 is 28.5 Å². The van der Waals surface area contributed by atoms with Gasteiger partial charge in [-0.3, -0.25) is 10.1 Å². The lowest BCUT2D eigenvalue weighted by Crippen LogP contribution is -2.50. The summed E-state index contributed by atoms with van der Waals surface area (Å²) in [6.07, 6.45) is 11.7. The fourth-order valence-corrected chi connectivity index (χ4v) is 4.62. The van der Waals surface area contributed by atoms with Crippen molar-refractivity contribution in [3.63, 3.8) is 0 Å². The van der Waals surface area contributed by atoms with Crippen molar-refractivity contribution < 1.29 is 14.3 Å². The molecule has 2 aliphatic carbocycles. The van der Waals surface area contributed by atoms with Gasteiger partial charge in [-0.05, 0) is 25.7 Å². The van der Waals surface area contributed by atoms with Gasteiger partial charge in [0.1, 0.15) is 0 Å². The van der Waals surface area contributed by atoms with E-state index in [1.807, 2.05) is 0 Å². The molecule has 1 N–H and O–H groups in total. The van der Waals surface area contributed by atoms with Crippen molar-refractivity contribution in [1.29, 1.82) is 0 Å². The molecule has 25 heavy (non-hydrogen) atoms. The maximum Gasteiger partial charge on any atom is 0.324 e. The summed E-state index contributed by atoms with van der Waals surface area (Å²) in [4.78, 5) is 30.3. The number of thiazole rings is 1. The number of hydrogen-bond acceptors (Lipinski definition) is 5. The largest absolute Gasteiger partial charge is 0.407 e. The number of urea groups is 1. The smallest absolute Gasteiger partial charge is 0.324 e. The van der Waals surface area contributed by atoms with Crippen molar-refractivity contribution in [3.05, 3.63) is 5.38 Å². The van der Waals surface area contributed by atoms with E-state index < -0.39 is 5.97 Å². The van der Waals surface area contributed by atoms with Crippen molar-refractivity contribution in [2.75, 3.05) is 5.32 Å². The first-order valence-electron chi connectivity index (χ1n) is 9.37. The van der Waals surface area contributed by atoms with E-state index in [9.17, 15) is 9.59 Å². The normalized spacial score (nSPS) is 19.4.